The van der Waals surface area contributed by atoms with Gasteiger partial charge in [0.25, 0.3) is 0 Å². The second-order valence-corrected chi connectivity index (χ2v) is 10.2. The number of halogens is 2. The Morgan fingerprint density at radius 3 is 2.24 bits per heavy atom. The third-order valence-electron chi connectivity index (χ3n) is 7.15. The smallest absolute Gasteiger partial charge is 0.156 e. The van der Waals surface area contributed by atoms with Gasteiger partial charge in [-0.2, -0.15) is 0 Å². The largest absolute Gasteiger partial charge is 0.374 e. The van der Waals surface area contributed by atoms with Gasteiger partial charge in [-0.05, 0) is 54.8 Å². The molecule has 1 atom stereocenters. The molecule has 5 nitrogen and oxygen atoms in total. The molecule has 38 heavy (non-hydrogen) atoms. The quantitative estimate of drug-likeness (QED) is 0.228. The van der Waals surface area contributed by atoms with Gasteiger partial charge in [0.2, 0.25) is 0 Å². The van der Waals surface area contributed by atoms with Crippen LogP contribution in [0.15, 0.2) is 85.3 Å². The summed E-state index contributed by atoms with van der Waals surface area (Å²) in [4.78, 5) is 11.6. The Morgan fingerprint density at radius 1 is 0.921 bits per heavy atom. The monoisotopic (exact) mass is 544 g/mol. The summed E-state index contributed by atoms with van der Waals surface area (Å²) in [5.74, 6) is 0.892. The Bertz CT molecular complexity index is 1560. The van der Waals surface area contributed by atoms with Gasteiger partial charge >= 0.3 is 0 Å². The molecule has 0 aliphatic carbocycles. The molecule has 5 aromatic rings. The van der Waals surface area contributed by atoms with Crippen molar-refractivity contribution >= 4 is 39.9 Å². The zero-order valence-electron chi connectivity index (χ0n) is 21.7. The summed E-state index contributed by atoms with van der Waals surface area (Å²) < 4.78 is 1.82. The molecular weight excluding hydrogens is 515 g/mol. The molecule has 0 bridgehead atoms. The topological polar surface area (TPSA) is 54.2 Å². The van der Waals surface area contributed by atoms with E-state index in [-0.39, 0.29) is 0 Å². The summed E-state index contributed by atoms with van der Waals surface area (Å²) in [6.07, 6.45) is 4.02. The van der Waals surface area contributed by atoms with Crippen LogP contribution in [0.3, 0.4) is 0 Å². The number of hydrogen-bond donors (Lipinski definition) is 1. The normalized spacial score (nSPS) is 13.0. The van der Waals surface area contributed by atoms with Crippen molar-refractivity contribution in [3.8, 4) is 0 Å². The number of pyridine rings is 1. The average Bonchev–Trinajstić information content (AvgIpc) is 3.38. The van der Waals surface area contributed by atoms with Gasteiger partial charge in [-0.25, -0.2) is 9.97 Å². The highest BCUT2D eigenvalue weighted by Crippen LogP contribution is 2.41. The van der Waals surface area contributed by atoms with Crippen molar-refractivity contribution in [2.24, 2.45) is 7.05 Å². The number of fused-ring (bicyclic) bond motifs is 1. The lowest BCUT2D eigenvalue weighted by Crippen LogP contribution is -2.31. The molecule has 5 rings (SSSR count). The molecule has 0 spiro atoms. The number of aromatic nitrogens is 3. The van der Waals surface area contributed by atoms with Crippen molar-refractivity contribution in [2.75, 3.05) is 18.0 Å². The van der Waals surface area contributed by atoms with Gasteiger partial charge in [0.1, 0.15) is 5.82 Å². The number of imidazole rings is 1. The lowest BCUT2D eigenvalue weighted by atomic mass is 9.83. The maximum absolute atomic E-state index is 12.4. The van der Waals surface area contributed by atoms with Crippen molar-refractivity contribution < 1.29 is 5.11 Å². The number of rotatable bonds is 8. The van der Waals surface area contributed by atoms with E-state index >= 15 is 0 Å². The Labute approximate surface area is 233 Å². The predicted octanol–water partition coefficient (Wildman–Crippen LogP) is 7.00. The lowest BCUT2D eigenvalue weighted by Gasteiger charge is -2.30. The fraction of sp³-hybridized carbons (Fsp3) is 0.226. The lowest BCUT2D eigenvalue weighted by molar-refractivity contribution is 0.117. The van der Waals surface area contributed by atoms with Gasteiger partial charge in [0.05, 0.1) is 28.8 Å². The van der Waals surface area contributed by atoms with E-state index in [4.69, 9.17) is 28.2 Å². The Kier molecular flexibility index (Phi) is 7.44. The van der Waals surface area contributed by atoms with Crippen LogP contribution >= 0.6 is 23.2 Å². The minimum atomic E-state index is -1.48. The molecule has 1 unspecified atom stereocenters. The maximum Gasteiger partial charge on any atom is 0.156 e. The Balaban J connectivity index is 1.75. The van der Waals surface area contributed by atoms with E-state index in [1.165, 1.54) is 0 Å². The highest BCUT2D eigenvalue weighted by Gasteiger charge is 2.37. The van der Waals surface area contributed by atoms with Crippen LogP contribution in [-0.4, -0.2) is 32.7 Å². The van der Waals surface area contributed by atoms with Crippen molar-refractivity contribution in [3.05, 3.63) is 123 Å². The van der Waals surface area contributed by atoms with Gasteiger partial charge in [-0.3, -0.25) is 0 Å². The van der Waals surface area contributed by atoms with Gasteiger partial charge in [0, 0.05) is 42.5 Å². The van der Waals surface area contributed by atoms with Crippen molar-refractivity contribution in [2.45, 2.75) is 25.9 Å². The van der Waals surface area contributed by atoms with Crippen LogP contribution < -0.4 is 4.90 Å². The molecule has 0 fully saturated rings. The van der Waals surface area contributed by atoms with Crippen LogP contribution in [0.25, 0.3) is 10.9 Å². The van der Waals surface area contributed by atoms with Crippen LogP contribution in [0.1, 0.15) is 41.8 Å². The van der Waals surface area contributed by atoms with E-state index in [0.717, 1.165) is 40.9 Å². The van der Waals surface area contributed by atoms with Gasteiger partial charge in [0.15, 0.2) is 5.60 Å². The zero-order valence-corrected chi connectivity index (χ0v) is 23.2. The second kappa shape index (κ2) is 10.8. The van der Waals surface area contributed by atoms with Crippen LogP contribution in [0.5, 0.6) is 0 Å². The Hall–Kier alpha value is -3.38. The third kappa shape index (κ3) is 4.66. The summed E-state index contributed by atoms with van der Waals surface area (Å²) in [5.41, 5.74) is 3.41. The summed E-state index contributed by atoms with van der Waals surface area (Å²) >= 11 is 13.4. The molecule has 0 aliphatic heterocycles. The minimum Gasteiger partial charge on any atom is -0.374 e. The highest BCUT2D eigenvalue weighted by atomic mass is 35.5. The number of benzene rings is 3. The fourth-order valence-corrected chi connectivity index (χ4v) is 5.51. The first-order valence-electron chi connectivity index (χ1n) is 12.7. The average molecular weight is 546 g/mol. The molecule has 7 heteroatoms. The van der Waals surface area contributed by atoms with Crippen molar-refractivity contribution in [3.63, 3.8) is 0 Å². The number of aliphatic hydroxyl groups is 1. The maximum atomic E-state index is 12.4. The van der Waals surface area contributed by atoms with E-state index in [1.54, 1.807) is 24.7 Å². The van der Waals surface area contributed by atoms with Crippen LogP contribution in [0.2, 0.25) is 10.0 Å². The van der Waals surface area contributed by atoms with E-state index in [1.807, 2.05) is 60.1 Å². The van der Waals surface area contributed by atoms with E-state index < -0.39 is 5.60 Å². The highest BCUT2D eigenvalue weighted by molar-refractivity contribution is 6.36. The summed E-state index contributed by atoms with van der Waals surface area (Å²) in [6.45, 7) is 5.89. The van der Waals surface area contributed by atoms with Crippen LogP contribution in [-0.2, 0) is 19.1 Å². The van der Waals surface area contributed by atoms with Gasteiger partial charge in [-0.15, -0.1) is 0 Å². The number of anilines is 1. The van der Waals surface area contributed by atoms with E-state index in [9.17, 15) is 5.11 Å². The predicted molar refractivity (Wildman–Crippen MR) is 156 cm³/mol. The van der Waals surface area contributed by atoms with Crippen molar-refractivity contribution in [1.82, 2.24) is 14.5 Å². The molecule has 0 saturated heterocycles. The van der Waals surface area contributed by atoms with Crippen LogP contribution in [0, 0.1) is 0 Å². The number of nitrogens with zero attached hydrogens (tertiary/aromatic N) is 4. The first kappa shape index (κ1) is 26.2. The third-order valence-corrected chi connectivity index (χ3v) is 7.83. The molecule has 0 amide bonds. The summed E-state index contributed by atoms with van der Waals surface area (Å²) in [5, 5.41) is 14.4. The summed E-state index contributed by atoms with van der Waals surface area (Å²) in [6, 6.07) is 23.3. The SMILES string of the molecule is CCN(CC)c1nc2ccc(C(O)(c3ccc(Cl)cc3)c3cncn3C)cc2c(Cl)c1Cc1ccccc1. The van der Waals surface area contributed by atoms with Gasteiger partial charge < -0.3 is 14.6 Å². The fourth-order valence-electron chi connectivity index (χ4n) is 5.08. The minimum absolute atomic E-state index is 0.598. The molecular formula is C31H30Cl2N4O. The molecule has 0 aliphatic rings. The zero-order chi connectivity index (χ0) is 26.9. The molecule has 2 heterocycles. The molecule has 2 aromatic heterocycles. The molecule has 3 aromatic carbocycles. The van der Waals surface area contributed by atoms with Crippen molar-refractivity contribution in [1.29, 1.82) is 0 Å². The number of hydrogen-bond acceptors (Lipinski definition) is 4. The van der Waals surface area contributed by atoms with Crippen LogP contribution in [0.4, 0.5) is 5.82 Å². The van der Waals surface area contributed by atoms with E-state index in [0.29, 0.717) is 33.3 Å². The number of aryl methyl sites for hydroxylation is 1. The molecule has 1 N–H and O–H groups in total. The first-order valence-corrected chi connectivity index (χ1v) is 13.5. The second-order valence-electron chi connectivity index (χ2n) is 9.40. The summed E-state index contributed by atoms with van der Waals surface area (Å²) in [7, 11) is 1.87. The molecule has 194 valence electrons. The van der Waals surface area contributed by atoms with E-state index in [2.05, 4.69) is 35.9 Å². The van der Waals surface area contributed by atoms with Gasteiger partial charge in [-0.1, -0.05) is 71.7 Å². The molecule has 0 radical (unpaired) electrons. The Morgan fingerprint density at radius 2 is 1.61 bits per heavy atom. The molecule has 0 saturated carbocycles. The first-order chi connectivity index (χ1) is 18.4. The standard InChI is InChI=1S/C31H30Cl2N4O/c1-4-37(5-2)30-26(17-21-9-7-6-8-10-21)29(33)25-18-23(13-16-27(25)35-30)31(38,28-19-34-20-36(28)3)22-11-14-24(32)15-12-22/h6-16,18-20,38H,4-5,17H2,1-3H3.